The summed E-state index contributed by atoms with van der Waals surface area (Å²) in [4.78, 5) is 10.3. The van der Waals surface area contributed by atoms with Crippen LogP contribution in [0.4, 0.5) is 0 Å². The van der Waals surface area contributed by atoms with Crippen molar-refractivity contribution in [2.24, 2.45) is 0 Å². The minimum atomic E-state index is -0.689. The molecule has 156 valence electrons. The molecule has 0 aromatic heterocycles. The SMILES string of the molecule is CC(O)CO.CCCCCCC(O)C/C=C\CCCCCCCC(=O)O. The molecule has 5 heteroatoms. The van der Waals surface area contributed by atoms with Crippen molar-refractivity contribution in [1.29, 1.82) is 0 Å². The molecule has 0 aromatic carbocycles. The second kappa shape index (κ2) is 22.1. The quantitative estimate of drug-likeness (QED) is 0.236. The van der Waals surface area contributed by atoms with Crippen LogP contribution in [0.3, 0.4) is 0 Å². The number of allylic oxidation sites excluding steroid dienone is 1. The molecule has 0 radical (unpaired) electrons. The molecule has 0 heterocycles. The Bertz CT molecular complexity index is 316. The van der Waals surface area contributed by atoms with E-state index in [2.05, 4.69) is 19.1 Å². The minimum absolute atomic E-state index is 0.139. The molecule has 2 unspecified atom stereocenters. The Morgan fingerprint density at radius 2 is 1.50 bits per heavy atom. The third-order valence-electron chi connectivity index (χ3n) is 3.99. The van der Waals surface area contributed by atoms with Gasteiger partial charge in [0.1, 0.15) is 0 Å². The molecule has 0 aliphatic rings. The van der Waals surface area contributed by atoms with Crippen LogP contribution < -0.4 is 0 Å². The maximum Gasteiger partial charge on any atom is 0.303 e. The van der Waals surface area contributed by atoms with E-state index >= 15 is 0 Å². The van der Waals surface area contributed by atoms with Crippen molar-refractivity contribution >= 4 is 5.97 Å². The summed E-state index contributed by atoms with van der Waals surface area (Å²) in [6.07, 6.45) is 16.8. The number of carboxylic acids is 1. The number of carbonyl (C=O) groups is 1. The van der Waals surface area contributed by atoms with Gasteiger partial charge in [-0.3, -0.25) is 4.79 Å². The van der Waals surface area contributed by atoms with Gasteiger partial charge in [-0.05, 0) is 39.0 Å². The molecular formula is C21H42O5. The van der Waals surface area contributed by atoms with Crippen molar-refractivity contribution in [3.05, 3.63) is 12.2 Å². The lowest BCUT2D eigenvalue weighted by molar-refractivity contribution is -0.137. The summed E-state index contributed by atoms with van der Waals surface area (Å²) in [5.41, 5.74) is 0. The topological polar surface area (TPSA) is 98.0 Å². The van der Waals surface area contributed by atoms with E-state index in [-0.39, 0.29) is 12.7 Å². The summed E-state index contributed by atoms with van der Waals surface area (Å²) in [6, 6.07) is 0. The molecule has 5 nitrogen and oxygen atoms in total. The molecule has 0 fully saturated rings. The largest absolute Gasteiger partial charge is 0.481 e. The molecule has 0 saturated carbocycles. The highest BCUT2D eigenvalue weighted by atomic mass is 16.4. The zero-order valence-electron chi connectivity index (χ0n) is 16.9. The zero-order chi connectivity index (χ0) is 20.0. The summed E-state index contributed by atoms with van der Waals surface area (Å²) >= 11 is 0. The van der Waals surface area contributed by atoms with Crippen LogP contribution in [0.25, 0.3) is 0 Å². The molecule has 26 heavy (non-hydrogen) atoms. The van der Waals surface area contributed by atoms with Crippen LogP contribution in [-0.2, 0) is 4.79 Å². The van der Waals surface area contributed by atoms with Crippen molar-refractivity contribution in [3.63, 3.8) is 0 Å². The molecule has 0 aliphatic carbocycles. The second-order valence-corrected chi connectivity index (χ2v) is 6.94. The van der Waals surface area contributed by atoms with E-state index in [9.17, 15) is 9.90 Å². The highest BCUT2D eigenvalue weighted by molar-refractivity contribution is 5.66. The molecule has 2 atom stereocenters. The van der Waals surface area contributed by atoms with Crippen LogP contribution in [-0.4, -0.2) is 45.2 Å². The highest BCUT2D eigenvalue weighted by Gasteiger charge is 2.00. The van der Waals surface area contributed by atoms with Gasteiger partial charge in [-0.2, -0.15) is 0 Å². The summed E-state index contributed by atoms with van der Waals surface area (Å²) in [7, 11) is 0. The Balaban J connectivity index is 0. The molecule has 0 amide bonds. The van der Waals surface area contributed by atoms with Crippen LogP contribution in [0.15, 0.2) is 12.2 Å². The normalized spacial score (nSPS) is 13.3. The summed E-state index contributed by atoms with van der Waals surface area (Å²) in [6.45, 7) is 3.59. The molecule has 0 bridgehead atoms. The monoisotopic (exact) mass is 374 g/mol. The van der Waals surface area contributed by atoms with Crippen molar-refractivity contribution in [2.45, 2.75) is 110 Å². The third kappa shape index (κ3) is 27.9. The number of rotatable bonds is 16. The van der Waals surface area contributed by atoms with E-state index in [1.807, 2.05) is 0 Å². The van der Waals surface area contributed by atoms with Crippen molar-refractivity contribution < 1.29 is 25.2 Å². The number of carboxylic acid groups (broad SMARTS) is 1. The molecule has 0 rings (SSSR count). The first-order valence-corrected chi connectivity index (χ1v) is 10.3. The molecule has 4 N–H and O–H groups in total. The summed E-state index contributed by atoms with van der Waals surface area (Å²) in [5, 5.41) is 34.3. The van der Waals surface area contributed by atoms with E-state index in [4.69, 9.17) is 15.3 Å². The number of aliphatic hydroxyl groups is 3. The first kappa shape index (κ1) is 27.3. The number of aliphatic carboxylic acids is 1. The lowest BCUT2D eigenvalue weighted by atomic mass is 10.1. The summed E-state index contributed by atoms with van der Waals surface area (Å²) < 4.78 is 0. The molecule has 0 saturated heterocycles. The first-order valence-electron chi connectivity index (χ1n) is 10.3. The Labute approximate surface area is 160 Å². The van der Waals surface area contributed by atoms with Crippen LogP contribution >= 0.6 is 0 Å². The first-order chi connectivity index (χ1) is 12.4. The van der Waals surface area contributed by atoms with E-state index in [1.165, 1.54) is 32.6 Å². The van der Waals surface area contributed by atoms with Gasteiger partial charge in [0.2, 0.25) is 0 Å². The molecule has 0 aromatic rings. The average molecular weight is 375 g/mol. The lowest BCUT2D eigenvalue weighted by Gasteiger charge is -2.07. The van der Waals surface area contributed by atoms with E-state index in [1.54, 1.807) is 0 Å². The zero-order valence-corrected chi connectivity index (χ0v) is 16.9. The van der Waals surface area contributed by atoms with E-state index < -0.39 is 12.1 Å². The van der Waals surface area contributed by atoms with Gasteiger partial charge in [0.25, 0.3) is 0 Å². The summed E-state index contributed by atoms with van der Waals surface area (Å²) in [5.74, 6) is -0.689. The van der Waals surface area contributed by atoms with Crippen molar-refractivity contribution in [3.8, 4) is 0 Å². The molecule has 0 spiro atoms. The van der Waals surface area contributed by atoms with Gasteiger partial charge in [-0.25, -0.2) is 0 Å². The maximum absolute atomic E-state index is 10.3. The Morgan fingerprint density at radius 1 is 0.923 bits per heavy atom. The fourth-order valence-electron chi connectivity index (χ4n) is 2.36. The number of aliphatic hydroxyl groups excluding tert-OH is 3. The van der Waals surface area contributed by atoms with E-state index in [0.717, 1.165) is 51.4 Å². The Morgan fingerprint density at radius 3 is 2.08 bits per heavy atom. The molecule has 0 aliphatic heterocycles. The van der Waals surface area contributed by atoms with Crippen LogP contribution in [0.2, 0.25) is 0 Å². The van der Waals surface area contributed by atoms with Gasteiger partial charge >= 0.3 is 5.97 Å². The third-order valence-corrected chi connectivity index (χ3v) is 3.99. The van der Waals surface area contributed by atoms with Crippen molar-refractivity contribution in [1.82, 2.24) is 0 Å². The van der Waals surface area contributed by atoms with E-state index in [0.29, 0.717) is 6.42 Å². The van der Waals surface area contributed by atoms with Gasteiger partial charge < -0.3 is 20.4 Å². The van der Waals surface area contributed by atoms with Gasteiger partial charge in [-0.15, -0.1) is 0 Å². The Hall–Kier alpha value is -0.910. The van der Waals surface area contributed by atoms with Crippen LogP contribution in [0.1, 0.15) is 97.3 Å². The van der Waals surface area contributed by atoms with Gasteiger partial charge in [0, 0.05) is 6.42 Å². The number of hydrogen-bond acceptors (Lipinski definition) is 4. The van der Waals surface area contributed by atoms with Crippen LogP contribution in [0.5, 0.6) is 0 Å². The van der Waals surface area contributed by atoms with Gasteiger partial charge in [0.05, 0.1) is 18.8 Å². The average Bonchev–Trinajstić information content (AvgIpc) is 2.60. The second-order valence-electron chi connectivity index (χ2n) is 6.94. The standard InChI is InChI=1S/C18H34O3.C3H8O2/c1-2-3-4-11-14-17(19)15-12-9-7-5-6-8-10-13-16-18(20)21;1-3(5)2-4/h9,12,17,19H,2-8,10-11,13-16H2,1H3,(H,20,21);3-5H,2H2,1H3/b12-9-;. The highest BCUT2D eigenvalue weighted by Crippen LogP contribution is 2.10. The minimum Gasteiger partial charge on any atom is -0.481 e. The Kier molecular flexibility index (Phi) is 23.2. The number of hydrogen-bond donors (Lipinski definition) is 4. The van der Waals surface area contributed by atoms with Gasteiger partial charge in [0.15, 0.2) is 0 Å². The molecular weight excluding hydrogens is 332 g/mol. The lowest BCUT2D eigenvalue weighted by Crippen LogP contribution is -2.04. The fourth-order valence-corrected chi connectivity index (χ4v) is 2.36. The maximum atomic E-state index is 10.3. The van der Waals surface area contributed by atoms with Crippen molar-refractivity contribution in [2.75, 3.05) is 6.61 Å². The smallest absolute Gasteiger partial charge is 0.303 e. The fraction of sp³-hybridized carbons (Fsp3) is 0.857. The van der Waals surface area contributed by atoms with Crippen LogP contribution in [0, 0.1) is 0 Å². The predicted octanol–water partition coefficient (Wildman–Crippen LogP) is 4.44. The van der Waals surface area contributed by atoms with Gasteiger partial charge in [-0.1, -0.05) is 64.0 Å². The number of unbranched alkanes of at least 4 members (excludes halogenated alkanes) is 8. The predicted molar refractivity (Wildman–Crippen MR) is 107 cm³/mol.